The van der Waals surface area contributed by atoms with Gasteiger partial charge in [0.25, 0.3) is 0 Å². The van der Waals surface area contributed by atoms with Gasteiger partial charge in [-0.1, -0.05) is 12.2 Å². The highest BCUT2D eigenvalue weighted by Crippen LogP contribution is 2.30. The van der Waals surface area contributed by atoms with Crippen molar-refractivity contribution in [3.63, 3.8) is 0 Å². The number of rotatable bonds is 6. The normalized spacial score (nSPS) is 11.7. The van der Waals surface area contributed by atoms with Gasteiger partial charge in [0.2, 0.25) is 5.88 Å². The minimum atomic E-state index is -0.743. The first-order valence-corrected chi connectivity index (χ1v) is 8.50. The van der Waals surface area contributed by atoms with Gasteiger partial charge < -0.3 is 18.6 Å². The van der Waals surface area contributed by atoms with Crippen LogP contribution in [0.25, 0.3) is 17.2 Å². The zero-order valence-electron chi connectivity index (χ0n) is 16.1. The summed E-state index contributed by atoms with van der Waals surface area (Å²) in [7, 11) is 1.60. The monoisotopic (exact) mass is 376 g/mol. The highest BCUT2D eigenvalue weighted by Gasteiger charge is 2.26. The van der Waals surface area contributed by atoms with Gasteiger partial charge in [-0.05, 0) is 39.3 Å². The van der Waals surface area contributed by atoms with Gasteiger partial charge in [0.15, 0.2) is 5.58 Å². The Hall–Kier alpha value is -2.87. The molecule has 2 aromatic rings. The molecule has 1 amide bonds. The Kier molecular flexibility index (Phi) is 6.57. The van der Waals surface area contributed by atoms with E-state index in [-0.39, 0.29) is 18.1 Å². The number of anilines is 1. The number of esters is 1. The second-order valence-electron chi connectivity index (χ2n) is 6.63. The molecule has 2 heterocycles. The summed E-state index contributed by atoms with van der Waals surface area (Å²) in [6.45, 7) is 7.52. The predicted molar refractivity (Wildman–Crippen MR) is 101 cm³/mol. The third-order valence-electron chi connectivity index (χ3n) is 3.22. The summed E-state index contributed by atoms with van der Waals surface area (Å²) >= 11 is 0. The number of carbonyl (C=O) groups excluding carboxylic acids is 2. The Balaban J connectivity index is 2.42. The molecule has 8 nitrogen and oxygen atoms in total. The minimum Gasteiger partial charge on any atom is -0.462 e. The summed E-state index contributed by atoms with van der Waals surface area (Å²) < 4.78 is 20.9. The van der Waals surface area contributed by atoms with E-state index >= 15 is 0 Å². The first-order chi connectivity index (χ1) is 12.7. The lowest BCUT2D eigenvalue weighted by Gasteiger charge is -2.19. The number of nitrogens with one attached hydrogen (secondary N) is 1. The largest absolute Gasteiger partial charge is 0.462 e. The number of ether oxygens (including phenoxy) is 3. The van der Waals surface area contributed by atoms with Crippen LogP contribution in [0, 0.1) is 0 Å². The molecule has 0 saturated carbocycles. The molecule has 0 aliphatic heterocycles. The molecule has 2 aromatic heterocycles. The number of fused-ring (bicyclic) bond motifs is 1. The fourth-order valence-electron chi connectivity index (χ4n) is 2.24. The maximum absolute atomic E-state index is 12.4. The fraction of sp³-hybridized carbons (Fsp3) is 0.421. The lowest BCUT2D eigenvalue weighted by Crippen LogP contribution is -2.27. The van der Waals surface area contributed by atoms with Crippen LogP contribution >= 0.6 is 0 Å². The van der Waals surface area contributed by atoms with Crippen LogP contribution < -0.4 is 5.32 Å². The molecule has 0 aliphatic rings. The van der Waals surface area contributed by atoms with Crippen molar-refractivity contribution in [2.24, 2.45) is 0 Å². The quantitative estimate of drug-likeness (QED) is 0.760. The maximum atomic E-state index is 12.4. The summed E-state index contributed by atoms with van der Waals surface area (Å²) in [5.41, 5.74) is 0.738. The minimum absolute atomic E-state index is 0.0464. The predicted octanol–water partition coefficient (Wildman–Crippen LogP) is 4.01. The summed E-state index contributed by atoms with van der Waals surface area (Å²) in [5.74, 6) is -0.708. The van der Waals surface area contributed by atoms with Crippen molar-refractivity contribution in [1.82, 2.24) is 4.98 Å². The lowest BCUT2D eigenvalue weighted by molar-refractivity contribution is 0.0529. The average Bonchev–Trinajstić information content (AvgIpc) is 2.90. The number of aromatic nitrogens is 1. The zero-order valence-corrected chi connectivity index (χ0v) is 16.1. The molecule has 0 aromatic carbocycles. The second-order valence-corrected chi connectivity index (χ2v) is 6.63. The molecule has 2 rings (SSSR count). The van der Waals surface area contributed by atoms with Crippen LogP contribution in [-0.4, -0.2) is 43.0 Å². The standard InChI is InChI=1S/C19H24N2O6/c1-6-25-17(22)14-15-13(10-12(11-20-15)8-7-9-24-5)26-16(14)21-18(23)27-19(2,3)4/h7-8,10-11H,6,9H2,1-5H3,(H,21,23). The van der Waals surface area contributed by atoms with Crippen LogP contribution in [0.15, 0.2) is 22.8 Å². The van der Waals surface area contributed by atoms with Gasteiger partial charge in [0.05, 0.1) is 13.2 Å². The zero-order chi connectivity index (χ0) is 20.0. The fourth-order valence-corrected chi connectivity index (χ4v) is 2.24. The number of carbonyl (C=O) groups is 2. The third kappa shape index (κ3) is 5.55. The number of hydrogen-bond acceptors (Lipinski definition) is 7. The van der Waals surface area contributed by atoms with Crippen LogP contribution in [0.1, 0.15) is 43.6 Å². The molecule has 146 valence electrons. The molecular weight excluding hydrogens is 352 g/mol. The Bertz CT molecular complexity index is 848. The van der Waals surface area contributed by atoms with E-state index in [0.717, 1.165) is 5.56 Å². The van der Waals surface area contributed by atoms with E-state index < -0.39 is 17.7 Å². The lowest BCUT2D eigenvalue weighted by atomic mass is 10.2. The van der Waals surface area contributed by atoms with Crippen LogP contribution in [0.5, 0.6) is 0 Å². The average molecular weight is 376 g/mol. The molecule has 8 heteroatoms. The van der Waals surface area contributed by atoms with Gasteiger partial charge >= 0.3 is 12.1 Å². The molecule has 0 spiro atoms. The van der Waals surface area contributed by atoms with Crippen molar-refractivity contribution in [3.05, 3.63) is 29.5 Å². The smallest absolute Gasteiger partial charge is 0.414 e. The van der Waals surface area contributed by atoms with E-state index in [1.807, 2.05) is 12.2 Å². The van der Waals surface area contributed by atoms with Crippen molar-refractivity contribution < 1.29 is 28.2 Å². The van der Waals surface area contributed by atoms with E-state index in [0.29, 0.717) is 17.7 Å². The van der Waals surface area contributed by atoms with Gasteiger partial charge in [0, 0.05) is 13.3 Å². The molecule has 0 fully saturated rings. The highest BCUT2D eigenvalue weighted by atomic mass is 16.6. The van der Waals surface area contributed by atoms with E-state index in [1.54, 1.807) is 47.1 Å². The number of methoxy groups -OCH3 is 1. The molecule has 0 radical (unpaired) electrons. The molecule has 0 bridgehead atoms. The molecule has 27 heavy (non-hydrogen) atoms. The van der Waals surface area contributed by atoms with Gasteiger partial charge in [-0.2, -0.15) is 0 Å². The van der Waals surface area contributed by atoms with Crippen molar-refractivity contribution >= 4 is 35.1 Å². The van der Waals surface area contributed by atoms with Crippen LogP contribution in [0.3, 0.4) is 0 Å². The maximum Gasteiger partial charge on any atom is 0.414 e. The van der Waals surface area contributed by atoms with E-state index in [4.69, 9.17) is 18.6 Å². The number of furan rings is 1. The number of hydrogen-bond donors (Lipinski definition) is 1. The van der Waals surface area contributed by atoms with Crippen LogP contribution in [0.4, 0.5) is 10.7 Å². The number of nitrogens with zero attached hydrogens (tertiary/aromatic N) is 1. The van der Waals surface area contributed by atoms with E-state index in [1.165, 1.54) is 0 Å². The molecule has 0 atom stereocenters. The summed E-state index contributed by atoms with van der Waals surface area (Å²) in [6, 6.07) is 1.71. The Morgan fingerprint density at radius 3 is 2.70 bits per heavy atom. The van der Waals surface area contributed by atoms with Gasteiger partial charge in [-0.15, -0.1) is 0 Å². The van der Waals surface area contributed by atoms with Crippen molar-refractivity contribution in [1.29, 1.82) is 0 Å². The van der Waals surface area contributed by atoms with Crippen molar-refractivity contribution in [2.45, 2.75) is 33.3 Å². The van der Waals surface area contributed by atoms with Gasteiger partial charge in [-0.25, -0.2) is 9.59 Å². The Labute approximate surface area is 157 Å². The van der Waals surface area contributed by atoms with Crippen LogP contribution in [-0.2, 0) is 14.2 Å². The van der Waals surface area contributed by atoms with Crippen molar-refractivity contribution in [3.8, 4) is 0 Å². The molecule has 0 saturated heterocycles. The molecule has 0 aliphatic carbocycles. The number of pyridine rings is 1. The van der Waals surface area contributed by atoms with Crippen LogP contribution in [0.2, 0.25) is 0 Å². The second kappa shape index (κ2) is 8.68. The highest BCUT2D eigenvalue weighted by molar-refractivity contribution is 6.08. The third-order valence-corrected chi connectivity index (χ3v) is 3.22. The Morgan fingerprint density at radius 1 is 1.33 bits per heavy atom. The molecular formula is C19H24N2O6. The SMILES string of the molecule is CCOC(=O)c1c(NC(=O)OC(C)(C)C)oc2cc(C=CCOC)cnc12. The van der Waals surface area contributed by atoms with E-state index in [2.05, 4.69) is 10.3 Å². The molecule has 1 N–H and O–H groups in total. The summed E-state index contributed by atoms with van der Waals surface area (Å²) in [4.78, 5) is 28.7. The first-order valence-electron chi connectivity index (χ1n) is 8.50. The van der Waals surface area contributed by atoms with Gasteiger partial charge in [0.1, 0.15) is 16.7 Å². The summed E-state index contributed by atoms with van der Waals surface area (Å²) in [6.07, 6.45) is 4.47. The van der Waals surface area contributed by atoms with E-state index in [9.17, 15) is 9.59 Å². The Morgan fingerprint density at radius 2 is 2.07 bits per heavy atom. The topological polar surface area (TPSA) is 99.9 Å². The number of amides is 1. The molecule has 0 unspecified atom stereocenters. The summed E-state index contributed by atoms with van der Waals surface area (Å²) in [5, 5.41) is 2.46. The van der Waals surface area contributed by atoms with Gasteiger partial charge in [-0.3, -0.25) is 10.3 Å². The first kappa shape index (κ1) is 20.4. The van der Waals surface area contributed by atoms with Crippen molar-refractivity contribution in [2.75, 3.05) is 25.6 Å².